The third-order valence-electron chi connectivity index (χ3n) is 5.23. The molecule has 0 fully saturated rings. The number of nitrogen functional groups attached to an aromatic ring is 1. The lowest BCUT2D eigenvalue weighted by atomic mass is 9.95. The van der Waals surface area contributed by atoms with Crippen LogP contribution in [0.15, 0.2) is 71.1 Å². The number of aromatic nitrogens is 2. The molecule has 0 amide bonds. The lowest BCUT2D eigenvalue weighted by molar-refractivity contribution is 0.534. The minimum absolute atomic E-state index is 0.0184. The highest BCUT2D eigenvalue weighted by molar-refractivity contribution is 6.34. The highest BCUT2D eigenvalue weighted by Gasteiger charge is 2.19. The lowest BCUT2D eigenvalue weighted by Crippen LogP contribution is -1.94. The van der Waals surface area contributed by atoms with E-state index in [1.54, 1.807) is 6.07 Å². The van der Waals surface area contributed by atoms with E-state index in [0.29, 0.717) is 22.4 Å². The predicted molar refractivity (Wildman–Crippen MR) is 123 cm³/mol. The van der Waals surface area contributed by atoms with Crippen LogP contribution in [-0.4, -0.2) is 10.2 Å². The van der Waals surface area contributed by atoms with Gasteiger partial charge in [0.25, 0.3) is 0 Å². The van der Waals surface area contributed by atoms with Crippen molar-refractivity contribution < 1.29 is 8.81 Å². The lowest BCUT2D eigenvalue weighted by Gasteiger charge is -2.12. The average molecular weight is 452 g/mol. The molecule has 0 aliphatic rings. The van der Waals surface area contributed by atoms with Gasteiger partial charge in [0.2, 0.25) is 0 Å². The van der Waals surface area contributed by atoms with Crippen LogP contribution < -0.4 is 5.73 Å². The van der Waals surface area contributed by atoms with Gasteiger partial charge in [-0.1, -0.05) is 47.5 Å². The summed E-state index contributed by atoms with van der Waals surface area (Å²) >= 11 is 12.4. The Morgan fingerprint density at radius 1 is 0.968 bits per heavy atom. The third kappa shape index (κ3) is 3.56. The maximum atomic E-state index is 14.8. The van der Waals surface area contributed by atoms with Gasteiger partial charge in [-0.05, 0) is 53.6 Å². The van der Waals surface area contributed by atoms with Crippen LogP contribution in [0.1, 0.15) is 11.3 Å². The molecule has 2 aromatic heterocycles. The fourth-order valence-electron chi connectivity index (χ4n) is 3.68. The van der Waals surface area contributed by atoms with E-state index in [-0.39, 0.29) is 16.4 Å². The van der Waals surface area contributed by atoms with Gasteiger partial charge in [-0.2, -0.15) is 5.10 Å². The summed E-state index contributed by atoms with van der Waals surface area (Å²) in [7, 11) is 0. The van der Waals surface area contributed by atoms with E-state index in [0.717, 1.165) is 28.2 Å². The average Bonchev–Trinajstić information content (AvgIpc) is 3.39. The zero-order valence-corrected chi connectivity index (χ0v) is 17.6. The molecule has 5 rings (SSSR count). The van der Waals surface area contributed by atoms with Crippen molar-refractivity contribution in [1.29, 1.82) is 0 Å². The Labute approximate surface area is 187 Å². The number of fused-ring (bicyclic) bond motifs is 1. The molecule has 154 valence electrons. The van der Waals surface area contributed by atoms with Gasteiger partial charge < -0.3 is 10.2 Å². The predicted octanol–water partition coefficient (Wildman–Crippen LogP) is 7.11. The van der Waals surface area contributed by atoms with Crippen LogP contribution in [0.2, 0.25) is 10.0 Å². The molecule has 0 unspecified atom stereocenters. The Bertz CT molecular complexity index is 1410. The summed E-state index contributed by atoms with van der Waals surface area (Å²) in [6, 6.07) is 20.8. The fraction of sp³-hybridized carbons (Fsp3) is 0.0417. The van der Waals surface area contributed by atoms with Gasteiger partial charge in [-0.15, -0.1) is 0 Å². The minimum Gasteiger partial charge on any atom is -0.461 e. The van der Waals surface area contributed by atoms with Crippen LogP contribution in [0.5, 0.6) is 0 Å². The van der Waals surface area contributed by atoms with Crippen LogP contribution in [-0.2, 0) is 6.42 Å². The van der Waals surface area contributed by atoms with Crippen LogP contribution in [0.3, 0.4) is 0 Å². The van der Waals surface area contributed by atoms with Crippen LogP contribution >= 0.6 is 23.2 Å². The number of nitrogens with zero attached hydrogens (tertiary/aromatic N) is 1. The summed E-state index contributed by atoms with van der Waals surface area (Å²) in [5.41, 5.74) is 9.34. The molecule has 7 heteroatoms. The molecule has 0 saturated carbocycles. The molecule has 0 spiro atoms. The van der Waals surface area contributed by atoms with Gasteiger partial charge in [0.05, 0.1) is 5.02 Å². The number of nitrogens with one attached hydrogen (secondary N) is 1. The van der Waals surface area contributed by atoms with Crippen LogP contribution in [0.25, 0.3) is 33.4 Å². The van der Waals surface area contributed by atoms with Crippen molar-refractivity contribution >= 4 is 39.9 Å². The Morgan fingerprint density at radius 2 is 1.74 bits per heavy atom. The summed E-state index contributed by atoms with van der Waals surface area (Å²) in [4.78, 5) is 0. The summed E-state index contributed by atoms with van der Waals surface area (Å²) in [6.45, 7) is 0. The Morgan fingerprint density at radius 3 is 2.55 bits per heavy atom. The molecule has 0 atom stereocenters. The van der Waals surface area contributed by atoms with Crippen molar-refractivity contribution in [2.24, 2.45) is 0 Å². The van der Waals surface area contributed by atoms with Gasteiger partial charge in [0, 0.05) is 28.0 Å². The summed E-state index contributed by atoms with van der Waals surface area (Å²) in [5, 5.41) is 7.67. The fourth-order valence-corrected chi connectivity index (χ4v) is 4.05. The van der Waals surface area contributed by atoms with E-state index >= 15 is 0 Å². The van der Waals surface area contributed by atoms with Crippen molar-refractivity contribution in [2.45, 2.75) is 6.42 Å². The first-order chi connectivity index (χ1) is 15.0. The first-order valence-electron chi connectivity index (χ1n) is 9.55. The largest absolute Gasteiger partial charge is 0.461 e. The number of anilines is 1. The molecule has 0 bridgehead atoms. The van der Waals surface area contributed by atoms with Crippen molar-refractivity contribution in [3.05, 3.63) is 93.9 Å². The second-order valence-electron chi connectivity index (χ2n) is 7.19. The van der Waals surface area contributed by atoms with E-state index in [4.69, 9.17) is 33.4 Å². The molecule has 0 radical (unpaired) electrons. The maximum Gasteiger partial charge on any atom is 0.168 e. The summed E-state index contributed by atoms with van der Waals surface area (Å²) in [5.74, 6) is 1.18. The van der Waals surface area contributed by atoms with Crippen molar-refractivity contribution in [3.8, 4) is 22.5 Å². The zero-order chi connectivity index (χ0) is 21.5. The van der Waals surface area contributed by atoms with E-state index < -0.39 is 5.82 Å². The number of benzene rings is 3. The number of halogens is 3. The van der Waals surface area contributed by atoms with Crippen LogP contribution in [0.4, 0.5) is 10.2 Å². The molecule has 2 heterocycles. The van der Waals surface area contributed by atoms with E-state index in [9.17, 15) is 4.39 Å². The minimum atomic E-state index is -0.573. The molecular formula is C24H16Cl2FN3O. The maximum absolute atomic E-state index is 14.8. The van der Waals surface area contributed by atoms with Gasteiger partial charge in [0.15, 0.2) is 11.6 Å². The van der Waals surface area contributed by atoms with Crippen molar-refractivity contribution in [2.75, 3.05) is 5.73 Å². The number of hydrogen-bond donors (Lipinski definition) is 2. The highest BCUT2D eigenvalue weighted by atomic mass is 35.5. The first-order valence-corrected chi connectivity index (χ1v) is 10.3. The molecular weight excluding hydrogens is 436 g/mol. The monoisotopic (exact) mass is 451 g/mol. The smallest absolute Gasteiger partial charge is 0.168 e. The first kappa shape index (κ1) is 19.7. The van der Waals surface area contributed by atoms with Gasteiger partial charge >= 0.3 is 0 Å². The second kappa shape index (κ2) is 7.76. The highest BCUT2D eigenvalue weighted by Crippen LogP contribution is 2.38. The van der Waals surface area contributed by atoms with Gasteiger partial charge in [0.1, 0.15) is 17.0 Å². The van der Waals surface area contributed by atoms with Gasteiger partial charge in [-0.25, -0.2) is 4.39 Å². The molecule has 5 aromatic rings. The van der Waals surface area contributed by atoms with E-state index in [1.165, 1.54) is 0 Å². The van der Waals surface area contributed by atoms with E-state index in [1.807, 2.05) is 60.7 Å². The molecule has 3 N–H and O–H groups in total. The Hall–Kier alpha value is -3.28. The molecule has 0 aliphatic heterocycles. The Balaban J connectivity index is 1.54. The van der Waals surface area contributed by atoms with Crippen LogP contribution in [0, 0.1) is 5.82 Å². The van der Waals surface area contributed by atoms with Crippen molar-refractivity contribution in [3.63, 3.8) is 0 Å². The molecule has 0 aliphatic carbocycles. The molecule has 4 nitrogen and oxygen atoms in total. The number of furan rings is 1. The number of nitrogens with two attached hydrogens (primary N) is 1. The van der Waals surface area contributed by atoms with Crippen molar-refractivity contribution in [1.82, 2.24) is 10.2 Å². The van der Waals surface area contributed by atoms with E-state index in [2.05, 4.69) is 10.2 Å². The Kier molecular flexibility index (Phi) is 4.93. The SMILES string of the molecule is Nc1n[nH]c2c(F)c(Cl)c(-c3ccccc3Cc3ccc(-c4ccc(Cl)cc4)o3)cc12. The number of H-pyrrole nitrogens is 1. The topological polar surface area (TPSA) is 67.8 Å². The van der Waals surface area contributed by atoms with Gasteiger partial charge in [-0.3, -0.25) is 5.10 Å². The normalized spacial score (nSPS) is 11.3. The number of rotatable bonds is 4. The molecule has 31 heavy (non-hydrogen) atoms. The molecule has 3 aromatic carbocycles. The standard InChI is InChI=1S/C24H16Cl2FN3O/c25-15-7-5-13(6-8-15)20-10-9-16(31-20)11-14-3-1-2-4-17(14)18-12-19-23(22(27)21(18)26)29-30-24(19)28/h1-10,12H,11H2,(H3,28,29,30). The number of hydrogen-bond acceptors (Lipinski definition) is 3. The number of aromatic amines is 1. The summed E-state index contributed by atoms with van der Waals surface area (Å²) < 4.78 is 20.9. The summed E-state index contributed by atoms with van der Waals surface area (Å²) in [6.07, 6.45) is 0.515. The second-order valence-corrected chi connectivity index (χ2v) is 8.00. The quantitative estimate of drug-likeness (QED) is 0.305. The third-order valence-corrected chi connectivity index (χ3v) is 5.85. The zero-order valence-electron chi connectivity index (χ0n) is 16.1. The molecule has 0 saturated heterocycles.